The Labute approximate surface area is 176 Å². The van der Waals surface area contributed by atoms with Gasteiger partial charge in [-0.15, -0.1) is 0 Å². The first-order chi connectivity index (χ1) is 14.9. The van der Waals surface area contributed by atoms with Gasteiger partial charge in [0.05, 0.1) is 6.10 Å². The highest BCUT2D eigenvalue weighted by Crippen LogP contribution is 2.39. The van der Waals surface area contributed by atoms with Crippen LogP contribution in [-0.4, -0.2) is 43.9 Å². The maximum absolute atomic E-state index is 15.0. The number of anilines is 1. The summed E-state index contributed by atoms with van der Waals surface area (Å²) in [6, 6.07) is 9.25. The predicted octanol–water partition coefficient (Wildman–Crippen LogP) is 1.86. The number of hydrogen-bond acceptors (Lipinski definition) is 8. The molecule has 1 aromatic carbocycles. The van der Waals surface area contributed by atoms with Gasteiger partial charge < -0.3 is 19.9 Å². The summed E-state index contributed by atoms with van der Waals surface area (Å²) in [5, 5.41) is 0. The Morgan fingerprint density at radius 3 is 2.74 bits per heavy atom. The number of benzene rings is 1. The van der Waals surface area contributed by atoms with Crippen molar-refractivity contribution in [1.82, 2.24) is 19.5 Å². The van der Waals surface area contributed by atoms with Gasteiger partial charge in [0.1, 0.15) is 6.61 Å². The lowest BCUT2D eigenvalue weighted by Gasteiger charge is -2.22. The fourth-order valence-corrected chi connectivity index (χ4v) is 3.58. The molecule has 0 bridgehead atoms. The standard InChI is InChI=1S/C20H22FN5O5/c1-3-12-13(21)15(30-10(2)27)18(31-12)26-16-14(17(28)25-19(22)24-16)23-20(26)29-9-11-7-5-4-6-8-11/h4-8,12-13,15,18H,3,9H2,1-2H3,(H3,22,24,25,28)/t12-,13-,15-,18-/m1/s1. The molecular formula is C20H22FN5O5. The number of carbonyl (C=O) groups excluding carboxylic acids is 1. The molecule has 3 aromatic rings. The first kappa shape index (κ1) is 20.8. The van der Waals surface area contributed by atoms with Crippen LogP contribution >= 0.6 is 0 Å². The zero-order chi connectivity index (χ0) is 22.1. The lowest BCUT2D eigenvalue weighted by Crippen LogP contribution is -2.32. The van der Waals surface area contributed by atoms with E-state index >= 15 is 4.39 Å². The monoisotopic (exact) mass is 431 g/mol. The van der Waals surface area contributed by atoms with E-state index in [0.717, 1.165) is 5.56 Å². The molecule has 31 heavy (non-hydrogen) atoms. The molecule has 4 atom stereocenters. The van der Waals surface area contributed by atoms with Crippen molar-refractivity contribution in [3.05, 3.63) is 46.2 Å². The summed E-state index contributed by atoms with van der Waals surface area (Å²) in [6.45, 7) is 3.06. The number of nitrogen functional groups attached to an aromatic ring is 1. The Morgan fingerprint density at radius 2 is 2.06 bits per heavy atom. The number of aromatic nitrogens is 4. The number of alkyl halides is 1. The molecule has 3 heterocycles. The number of aromatic amines is 1. The Morgan fingerprint density at radius 1 is 1.32 bits per heavy atom. The maximum atomic E-state index is 15.0. The number of H-pyrrole nitrogens is 1. The van der Waals surface area contributed by atoms with Gasteiger partial charge in [-0.25, -0.2) is 8.96 Å². The summed E-state index contributed by atoms with van der Waals surface area (Å²) < 4.78 is 33.3. The van der Waals surface area contributed by atoms with Crippen LogP contribution in [0.25, 0.3) is 11.2 Å². The van der Waals surface area contributed by atoms with E-state index in [1.165, 1.54) is 11.5 Å². The zero-order valence-corrected chi connectivity index (χ0v) is 16.9. The number of carbonyl (C=O) groups is 1. The highest BCUT2D eigenvalue weighted by molar-refractivity contribution is 5.72. The van der Waals surface area contributed by atoms with E-state index in [1.54, 1.807) is 6.92 Å². The molecule has 0 amide bonds. The van der Waals surface area contributed by atoms with Gasteiger partial charge >= 0.3 is 12.0 Å². The molecule has 164 valence electrons. The quantitative estimate of drug-likeness (QED) is 0.565. The summed E-state index contributed by atoms with van der Waals surface area (Å²) in [5.41, 5.74) is 5.96. The SMILES string of the molecule is CC[C@H]1O[C@@H](n2c(OCc3ccccc3)nc3c(=O)[nH]c(N)nc32)[C@H](OC(C)=O)[C@@H]1F. The number of hydrogen-bond donors (Lipinski definition) is 2. The Kier molecular flexibility index (Phi) is 5.59. The van der Waals surface area contributed by atoms with Gasteiger partial charge in [0.2, 0.25) is 5.95 Å². The second-order valence-corrected chi connectivity index (χ2v) is 7.15. The van der Waals surface area contributed by atoms with E-state index in [0.29, 0.717) is 6.42 Å². The first-order valence-electron chi connectivity index (χ1n) is 9.80. The largest absolute Gasteiger partial charge is 0.460 e. The minimum atomic E-state index is -1.59. The predicted molar refractivity (Wildman–Crippen MR) is 108 cm³/mol. The molecular weight excluding hydrogens is 409 g/mol. The molecule has 1 aliphatic rings. The van der Waals surface area contributed by atoms with Crippen molar-refractivity contribution >= 4 is 23.1 Å². The van der Waals surface area contributed by atoms with Gasteiger partial charge in [-0.2, -0.15) is 9.97 Å². The van der Waals surface area contributed by atoms with Crippen LogP contribution in [0.5, 0.6) is 6.01 Å². The number of nitrogens with two attached hydrogens (primary N) is 1. The van der Waals surface area contributed by atoms with Crippen molar-refractivity contribution in [3.8, 4) is 6.01 Å². The highest BCUT2D eigenvalue weighted by atomic mass is 19.1. The van der Waals surface area contributed by atoms with Crippen LogP contribution in [-0.2, 0) is 20.9 Å². The maximum Gasteiger partial charge on any atom is 0.303 e. The third-order valence-corrected chi connectivity index (χ3v) is 4.97. The van der Waals surface area contributed by atoms with Gasteiger partial charge in [0.15, 0.2) is 29.7 Å². The first-order valence-corrected chi connectivity index (χ1v) is 9.80. The van der Waals surface area contributed by atoms with Gasteiger partial charge in [-0.1, -0.05) is 37.3 Å². The smallest absolute Gasteiger partial charge is 0.303 e. The molecule has 0 unspecified atom stereocenters. The number of nitrogens with zero attached hydrogens (tertiary/aromatic N) is 3. The van der Waals surface area contributed by atoms with Crippen LogP contribution in [0.2, 0.25) is 0 Å². The van der Waals surface area contributed by atoms with Gasteiger partial charge in [0.25, 0.3) is 5.56 Å². The molecule has 1 saturated heterocycles. The molecule has 3 N–H and O–H groups in total. The number of ether oxygens (including phenoxy) is 3. The van der Waals surface area contributed by atoms with Crippen molar-refractivity contribution < 1.29 is 23.4 Å². The van der Waals surface area contributed by atoms with Crippen LogP contribution in [0, 0.1) is 0 Å². The normalized spacial score (nSPS) is 23.2. The average molecular weight is 431 g/mol. The molecule has 10 nitrogen and oxygen atoms in total. The second kappa shape index (κ2) is 8.34. The lowest BCUT2D eigenvalue weighted by atomic mass is 10.1. The minimum Gasteiger partial charge on any atom is -0.460 e. The summed E-state index contributed by atoms with van der Waals surface area (Å²) in [5.74, 6) is -0.821. The van der Waals surface area contributed by atoms with Crippen LogP contribution < -0.4 is 16.0 Å². The van der Waals surface area contributed by atoms with Crippen LogP contribution in [0.1, 0.15) is 32.1 Å². The van der Waals surface area contributed by atoms with Crippen molar-refractivity contribution in [2.45, 2.75) is 51.5 Å². The average Bonchev–Trinajstić information content (AvgIpc) is 3.24. The molecule has 4 rings (SSSR count). The molecule has 0 spiro atoms. The Bertz CT molecular complexity index is 1150. The van der Waals surface area contributed by atoms with Gasteiger partial charge in [-0.05, 0) is 12.0 Å². The summed E-state index contributed by atoms with van der Waals surface area (Å²) >= 11 is 0. The molecule has 11 heteroatoms. The van der Waals surface area contributed by atoms with Crippen LogP contribution in [0.15, 0.2) is 35.1 Å². The van der Waals surface area contributed by atoms with Gasteiger partial charge in [0, 0.05) is 6.92 Å². The van der Waals surface area contributed by atoms with Crippen molar-refractivity contribution in [1.29, 1.82) is 0 Å². The fourth-order valence-electron chi connectivity index (χ4n) is 3.58. The number of fused-ring (bicyclic) bond motifs is 1. The van der Waals surface area contributed by atoms with E-state index in [-0.39, 0.29) is 29.7 Å². The zero-order valence-electron chi connectivity index (χ0n) is 16.9. The van der Waals surface area contributed by atoms with Gasteiger partial charge in [-0.3, -0.25) is 14.6 Å². The van der Waals surface area contributed by atoms with E-state index < -0.39 is 36.1 Å². The number of nitrogens with one attached hydrogen (secondary N) is 1. The fraction of sp³-hybridized carbons (Fsp3) is 0.400. The molecule has 2 aromatic heterocycles. The molecule has 1 fully saturated rings. The van der Waals surface area contributed by atoms with E-state index in [2.05, 4.69) is 15.0 Å². The van der Waals surface area contributed by atoms with E-state index in [1.807, 2.05) is 30.3 Å². The summed E-state index contributed by atoms with van der Waals surface area (Å²) in [6.07, 6.45) is -4.49. The number of esters is 1. The third-order valence-electron chi connectivity index (χ3n) is 4.97. The topological polar surface area (TPSA) is 134 Å². The molecule has 0 saturated carbocycles. The summed E-state index contributed by atoms with van der Waals surface area (Å²) in [7, 11) is 0. The Hall–Kier alpha value is -3.47. The number of rotatable bonds is 6. The third kappa shape index (κ3) is 3.96. The van der Waals surface area contributed by atoms with Crippen LogP contribution in [0.3, 0.4) is 0 Å². The molecule has 1 aliphatic heterocycles. The van der Waals surface area contributed by atoms with E-state index in [9.17, 15) is 9.59 Å². The number of halogens is 1. The van der Waals surface area contributed by atoms with Crippen molar-refractivity contribution in [2.75, 3.05) is 5.73 Å². The van der Waals surface area contributed by atoms with Crippen molar-refractivity contribution in [2.24, 2.45) is 0 Å². The second-order valence-electron chi connectivity index (χ2n) is 7.15. The molecule has 0 radical (unpaired) electrons. The molecule has 0 aliphatic carbocycles. The van der Waals surface area contributed by atoms with E-state index in [4.69, 9.17) is 19.9 Å². The summed E-state index contributed by atoms with van der Waals surface area (Å²) in [4.78, 5) is 34.8. The minimum absolute atomic E-state index is 0.0337. The Balaban J connectivity index is 1.82. The highest BCUT2D eigenvalue weighted by Gasteiger charge is 2.49. The number of imidazole rings is 1. The van der Waals surface area contributed by atoms with Crippen LogP contribution in [0.4, 0.5) is 10.3 Å². The van der Waals surface area contributed by atoms with Crippen molar-refractivity contribution in [3.63, 3.8) is 0 Å². The lowest BCUT2D eigenvalue weighted by molar-refractivity contribution is -0.154.